The van der Waals surface area contributed by atoms with E-state index in [1.165, 1.54) is 7.11 Å². The molecule has 0 aliphatic carbocycles. The summed E-state index contributed by atoms with van der Waals surface area (Å²) in [5.74, 6) is 0.528. The Hall–Kier alpha value is -1.63. The lowest BCUT2D eigenvalue weighted by atomic mass is 10.2. The molecule has 0 bridgehead atoms. The first-order chi connectivity index (χ1) is 9.63. The second kappa shape index (κ2) is 7.40. The van der Waals surface area contributed by atoms with Crippen molar-refractivity contribution in [3.05, 3.63) is 29.6 Å². The van der Waals surface area contributed by atoms with Crippen molar-refractivity contribution in [2.24, 2.45) is 0 Å². The first-order valence-corrected chi connectivity index (χ1v) is 6.46. The van der Waals surface area contributed by atoms with Crippen molar-refractivity contribution in [3.63, 3.8) is 0 Å². The molecule has 2 aromatic rings. The quantitative estimate of drug-likeness (QED) is 0.456. The van der Waals surface area contributed by atoms with Crippen LogP contribution in [0.2, 0.25) is 0 Å². The van der Waals surface area contributed by atoms with Crippen LogP contribution in [0.15, 0.2) is 18.2 Å². The predicted octanol–water partition coefficient (Wildman–Crippen LogP) is -2.99. The number of hydrogen-bond acceptors (Lipinski definition) is 4. The van der Waals surface area contributed by atoms with E-state index in [1.54, 1.807) is 12.1 Å². The van der Waals surface area contributed by atoms with Crippen molar-refractivity contribution < 1.29 is 36.7 Å². The van der Waals surface area contributed by atoms with Crippen molar-refractivity contribution in [2.45, 2.75) is 20.0 Å². The van der Waals surface area contributed by atoms with Crippen LogP contribution in [0, 0.1) is 6.92 Å². The zero-order valence-electron chi connectivity index (χ0n) is 12.0. The molecule has 0 saturated heterocycles. The molecule has 0 fully saturated rings. The standard InChI is InChI=1S/C14H19N2O4.ClH/c1-10-15(5-7-17)12-4-3-11(14(19)20-2)9-13(12)16(10)6-8-18;/h3-4,9,17-18H,5-8H2,1-2H3;1H/q+1;/p-1. The van der Waals surface area contributed by atoms with Crippen LogP contribution in [0.25, 0.3) is 11.0 Å². The number of methoxy groups -OCH3 is 1. The maximum Gasteiger partial charge on any atom is 0.338 e. The van der Waals surface area contributed by atoms with Crippen molar-refractivity contribution in [3.8, 4) is 0 Å². The summed E-state index contributed by atoms with van der Waals surface area (Å²) in [7, 11) is 1.34. The molecule has 0 saturated carbocycles. The number of aliphatic hydroxyl groups is 2. The van der Waals surface area contributed by atoms with Gasteiger partial charge in [0, 0.05) is 13.0 Å². The summed E-state index contributed by atoms with van der Waals surface area (Å²) >= 11 is 0. The van der Waals surface area contributed by atoms with E-state index in [2.05, 4.69) is 0 Å². The molecule has 0 atom stereocenters. The van der Waals surface area contributed by atoms with Crippen LogP contribution in [0.4, 0.5) is 0 Å². The molecule has 2 N–H and O–H groups in total. The number of hydrogen-bond donors (Lipinski definition) is 2. The number of esters is 1. The fourth-order valence-corrected chi connectivity index (χ4v) is 2.47. The Balaban J connectivity index is 0.00000220. The maximum atomic E-state index is 11.6. The number of nitrogens with zero attached hydrogens (tertiary/aromatic N) is 2. The smallest absolute Gasteiger partial charge is 0.338 e. The molecule has 0 radical (unpaired) electrons. The van der Waals surface area contributed by atoms with E-state index in [4.69, 9.17) is 4.74 Å². The second-order valence-corrected chi connectivity index (χ2v) is 4.49. The van der Waals surface area contributed by atoms with Gasteiger partial charge in [-0.3, -0.25) is 0 Å². The average molecular weight is 315 g/mol. The molecule has 0 spiro atoms. The molecule has 116 valence electrons. The number of fused-ring (bicyclic) bond motifs is 1. The molecular formula is C14H19ClN2O4. The molecule has 2 rings (SSSR count). The highest BCUT2D eigenvalue weighted by Gasteiger charge is 2.22. The van der Waals surface area contributed by atoms with E-state index in [1.807, 2.05) is 22.1 Å². The number of aromatic nitrogens is 2. The highest BCUT2D eigenvalue weighted by atomic mass is 35.5. The van der Waals surface area contributed by atoms with Gasteiger partial charge in [0.05, 0.1) is 25.9 Å². The lowest BCUT2D eigenvalue weighted by Gasteiger charge is -1.99. The molecule has 0 aliphatic heterocycles. The molecular weight excluding hydrogens is 296 g/mol. The van der Waals surface area contributed by atoms with Gasteiger partial charge in [-0.05, 0) is 12.1 Å². The molecule has 1 aromatic carbocycles. The summed E-state index contributed by atoms with van der Waals surface area (Å²) in [5.41, 5.74) is 2.22. The Morgan fingerprint density at radius 1 is 1.33 bits per heavy atom. The first kappa shape index (κ1) is 17.4. The number of carbonyl (C=O) groups is 1. The van der Waals surface area contributed by atoms with Gasteiger partial charge < -0.3 is 27.4 Å². The molecule has 0 aliphatic rings. The summed E-state index contributed by atoms with van der Waals surface area (Å²) in [4.78, 5) is 11.6. The Bertz CT molecular complexity index is 639. The zero-order valence-corrected chi connectivity index (χ0v) is 12.8. The average Bonchev–Trinajstić information content (AvgIpc) is 2.72. The molecule has 0 unspecified atom stereocenters. The number of imidazole rings is 1. The van der Waals surface area contributed by atoms with Crippen LogP contribution in [0.5, 0.6) is 0 Å². The number of rotatable bonds is 5. The monoisotopic (exact) mass is 314 g/mol. The third kappa shape index (κ3) is 3.18. The molecule has 1 aromatic heterocycles. The van der Waals surface area contributed by atoms with Crippen molar-refractivity contribution in [1.29, 1.82) is 0 Å². The van der Waals surface area contributed by atoms with E-state index in [9.17, 15) is 15.0 Å². The van der Waals surface area contributed by atoms with E-state index in [0.29, 0.717) is 18.7 Å². The summed E-state index contributed by atoms with van der Waals surface area (Å²) in [5, 5.41) is 18.4. The fourth-order valence-electron chi connectivity index (χ4n) is 2.47. The fraction of sp³-hybridized carbons (Fsp3) is 0.429. The van der Waals surface area contributed by atoms with Gasteiger partial charge in [0.2, 0.25) is 0 Å². The molecule has 0 amide bonds. The largest absolute Gasteiger partial charge is 1.00 e. The third-order valence-electron chi connectivity index (χ3n) is 3.41. The van der Waals surface area contributed by atoms with Gasteiger partial charge in [-0.2, -0.15) is 0 Å². The number of benzene rings is 1. The van der Waals surface area contributed by atoms with Crippen LogP contribution < -0.4 is 17.0 Å². The Kier molecular flexibility index (Phi) is 6.14. The van der Waals surface area contributed by atoms with E-state index >= 15 is 0 Å². The van der Waals surface area contributed by atoms with Gasteiger partial charge in [0.15, 0.2) is 11.0 Å². The van der Waals surface area contributed by atoms with Crippen molar-refractivity contribution in [1.82, 2.24) is 4.57 Å². The second-order valence-electron chi connectivity index (χ2n) is 4.49. The topological polar surface area (TPSA) is 75.6 Å². The van der Waals surface area contributed by atoms with E-state index in [-0.39, 0.29) is 25.6 Å². The maximum absolute atomic E-state index is 11.6. The Labute approximate surface area is 129 Å². The highest BCUT2D eigenvalue weighted by Crippen LogP contribution is 2.17. The van der Waals surface area contributed by atoms with Gasteiger partial charge in [0.25, 0.3) is 5.82 Å². The van der Waals surface area contributed by atoms with E-state index < -0.39 is 5.97 Å². The normalized spacial score (nSPS) is 10.5. The third-order valence-corrected chi connectivity index (χ3v) is 3.41. The minimum atomic E-state index is -0.394. The van der Waals surface area contributed by atoms with Crippen molar-refractivity contribution >= 4 is 17.0 Å². The summed E-state index contributed by atoms with van der Waals surface area (Å²) in [6, 6.07) is 5.28. The summed E-state index contributed by atoms with van der Waals surface area (Å²) in [6.45, 7) is 2.86. The number of carbonyl (C=O) groups excluding carboxylic acids is 1. The van der Waals surface area contributed by atoms with E-state index in [0.717, 1.165) is 16.9 Å². The molecule has 6 nitrogen and oxygen atoms in total. The van der Waals surface area contributed by atoms with Gasteiger partial charge in [0.1, 0.15) is 13.1 Å². The number of ether oxygens (including phenoxy) is 1. The molecule has 1 heterocycles. The van der Waals surface area contributed by atoms with Gasteiger partial charge in [-0.15, -0.1) is 0 Å². The Morgan fingerprint density at radius 3 is 2.62 bits per heavy atom. The summed E-state index contributed by atoms with van der Waals surface area (Å²) in [6.07, 6.45) is 0. The van der Waals surface area contributed by atoms with Crippen LogP contribution in [-0.2, 0) is 17.8 Å². The van der Waals surface area contributed by atoms with Crippen molar-refractivity contribution in [2.75, 3.05) is 20.3 Å². The number of aliphatic hydroxyl groups excluding tert-OH is 2. The van der Waals surface area contributed by atoms with Crippen LogP contribution in [0.3, 0.4) is 0 Å². The lowest BCUT2D eigenvalue weighted by Crippen LogP contribution is -3.00. The van der Waals surface area contributed by atoms with Gasteiger partial charge in [-0.25, -0.2) is 13.9 Å². The first-order valence-electron chi connectivity index (χ1n) is 6.46. The summed E-state index contributed by atoms with van der Waals surface area (Å²) < 4.78 is 8.62. The molecule has 7 heteroatoms. The van der Waals surface area contributed by atoms with Gasteiger partial charge >= 0.3 is 5.97 Å². The predicted molar refractivity (Wildman–Crippen MR) is 72.4 cm³/mol. The highest BCUT2D eigenvalue weighted by molar-refractivity contribution is 5.93. The van der Waals surface area contributed by atoms with Crippen LogP contribution in [-0.4, -0.2) is 41.1 Å². The minimum Gasteiger partial charge on any atom is -1.00 e. The lowest BCUT2D eigenvalue weighted by molar-refractivity contribution is -0.679. The molecule has 21 heavy (non-hydrogen) atoms. The zero-order chi connectivity index (χ0) is 14.7. The minimum absolute atomic E-state index is 0. The Morgan fingerprint density at radius 2 is 2.05 bits per heavy atom. The SMILES string of the molecule is COC(=O)c1ccc2c(c1)n(CCO)c(C)[n+]2CCO.[Cl-]. The number of halogens is 1. The van der Waals surface area contributed by atoms with Crippen LogP contribution in [0.1, 0.15) is 16.2 Å². The van der Waals surface area contributed by atoms with Crippen LogP contribution >= 0.6 is 0 Å². The van der Waals surface area contributed by atoms with Gasteiger partial charge in [-0.1, -0.05) is 0 Å².